The highest BCUT2D eigenvalue weighted by Gasteiger charge is 2.11. The monoisotopic (exact) mass is 271 g/mol. The van der Waals surface area contributed by atoms with Gasteiger partial charge in [0.15, 0.2) is 0 Å². The van der Waals surface area contributed by atoms with E-state index in [1.54, 1.807) is 19.2 Å². The maximum Gasteiger partial charge on any atom is 0.254 e. The minimum absolute atomic E-state index is 0.137. The van der Waals surface area contributed by atoms with E-state index in [9.17, 15) is 4.79 Å². The van der Waals surface area contributed by atoms with Crippen molar-refractivity contribution in [2.45, 2.75) is 13.3 Å². The second-order valence-electron chi connectivity index (χ2n) is 3.07. The van der Waals surface area contributed by atoms with Crippen LogP contribution in [-0.2, 0) is 0 Å². The van der Waals surface area contributed by atoms with E-state index in [0.29, 0.717) is 17.9 Å². The van der Waals surface area contributed by atoms with Crippen LogP contribution in [0, 0.1) is 0 Å². The predicted octanol–water partition coefficient (Wildman–Crippen LogP) is 2.60. The molecule has 1 rings (SSSR count). The van der Waals surface area contributed by atoms with Crippen molar-refractivity contribution in [2.24, 2.45) is 0 Å². The van der Waals surface area contributed by atoms with Crippen molar-refractivity contribution < 1.29 is 9.53 Å². The van der Waals surface area contributed by atoms with Crippen LogP contribution in [-0.4, -0.2) is 19.6 Å². The fourth-order valence-electron chi connectivity index (χ4n) is 1.15. The molecule has 0 aliphatic rings. The van der Waals surface area contributed by atoms with Crippen LogP contribution in [0.3, 0.4) is 0 Å². The second kappa shape index (κ2) is 5.75. The molecule has 15 heavy (non-hydrogen) atoms. The van der Waals surface area contributed by atoms with Crippen molar-refractivity contribution in [3.8, 4) is 5.75 Å². The van der Waals surface area contributed by atoms with E-state index in [4.69, 9.17) is 4.74 Å². The quantitative estimate of drug-likeness (QED) is 0.914. The van der Waals surface area contributed by atoms with Gasteiger partial charge in [0.25, 0.3) is 5.91 Å². The lowest BCUT2D eigenvalue weighted by Gasteiger charge is -2.10. The molecule has 82 valence electrons. The highest BCUT2D eigenvalue weighted by Crippen LogP contribution is 2.23. The third-order valence-electron chi connectivity index (χ3n) is 1.87. The average Bonchev–Trinajstić information content (AvgIpc) is 2.26. The Bertz CT molecular complexity index is 352. The fourth-order valence-corrected chi connectivity index (χ4v) is 1.51. The average molecular weight is 272 g/mol. The van der Waals surface area contributed by atoms with E-state index >= 15 is 0 Å². The minimum Gasteiger partial charge on any atom is -0.493 e. The van der Waals surface area contributed by atoms with Crippen molar-refractivity contribution in [3.63, 3.8) is 0 Å². The maximum atomic E-state index is 11.5. The van der Waals surface area contributed by atoms with Crippen LogP contribution in [0.25, 0.3) is 0 Å². The molecule has 0 heterocycles. The molecule has 0 radical (unpaired) electrons. The maximum absolute atomic E-state index is 11.5. The number of amides is 1. The molecule has 0 saturated carbocycles. The van der Waals surface area contributed by atoms with E-state index in [1.807, 2.05) is 13.0 Å². The Hall–Kier alpha value is -1.03. The largest absolute Gasteiger partial charge is 0.493 e. The number of ether oxygens (including phenoxy) is 1. The predicted molar refractivity (Wildman–Crippen MR) is 63.3 cm³/mol. The molecule has 1 aromatic rings. The second-order valence-corrected chi connectivity index (χ2v) is 3.98. The molecule has 0 aromatic heterocycles. The summed E-state index contributed by atoms with van der Waals surface area (Å²) in [5, 5.41) is 2.59. The van der Waals surface area contributed by atoms with Crippen molar-refractivity contribution in [2.75, 3.05) is 13.7 Å². The lowest BCUT2D eigenvalue weighted by Crippen LogP contribution is -2.19. The molecule has 4 heteroatoms. The number of benzene rings is 1. The van der Waals surface area contributed by atoms with Gasteiger partial charge in [-0.3, -0.25) is 4.79 Å². The molecule has 1 amide bonds. The van der Waals surface area contributed by atoms with Gasteiger partial charge in [0.1, 0.15) is 5.75 Å². The third-order valence-corrected chi connectivity index (χ3v) is 2.37. The summed E-state index contributed by atoms with van der Waals surface area (Å²) in [4.78, 5) is 11.5. The zero-order valence-electron chi connectivity index (χ0n) is 8.84. The van der Waals surface area contributed by atoms with Crippen LogP contribution in [0.1, 0.15) is 23.7 Å². The first-order chi connectivity index (χ1) is 7.19. The highest BCUT2D eigenvalue weighted by molar-refractivity contribution is 9.10. The van der Waals surface area contributed by atoms with Gasteiger partial charge in [0.05, 0.1) is 12.2 Å². The van der Waals surface area contributed by atoms with Crippen LogP contribution in [0.15, 0.2) is 22.7 Å². The molecule has 1 N–H and O–H groups in total. The third kappa shape index (κ3) is 3.23. The Morgan fingerprint density at radius 3 is 2.87 bits per heavy atom. The molecule has 0 aliphatic carbocycles. The van der Waals surface area contributed by atoms with Crippen molar-refractivity contribution >= 4 is 21.8 Å². The summed E-state index contributed by atoms with van der Waals surface area (Å²) in [6.07, 6.45) is 0.920. The topological polar surface area (TPSA) is 38.3 Å². The molecular weight excluding hydrogens is 258 g/mol. The fraction of sp³-hybridized carbons (Fsp3) is 0.364. The number of hydrogen-bond acceptors (Lipinski definition) is 2. The van der Waals surface area contributed by atoms with E-state index in [1.165, 1.54) is 0 Å². The van der Waals surface area contributed by atoms with E-state index < -0.39 is 0 Å². The van der Waals surface area contributed by atoms with Crippen LogP contribution in [0.4, 0.5) is 0 Å². The minimum atomic E-state index is -0.137. The van der Waals surface area contributed by atoms with Gasteiger partial charge < -0.3 is 10.1 Å². The Kier molecular flexibility index (Phi) is 4.62. The molecule has 0 saturated heterocycles. The van der Waals surface area contributed by atoms with E-state index in [0.717, 1.165) is 10.9 Å². The molecular formula is C11H14BrNO2. The van der Waals surface area contributed by atoms with Gasteiger partial charge in [0.2, 0.25) is 0 Å². The number of rotatable bonds is 4. The van der Waals surface area contributed by atoms with Crippen LogP contribution >= 0.6 is 15.9 Å². The Balaban J connectivity index is 2.97. The van der Waals surface area contributed by atoms with Crippen LogP contribution in [0.5, 0.6) is 5.75 Å². The van der Waals surface area contributed by atoms with Crippen LogP contribution in [0.2, 0.25) is 0 Å². The summed E-state index contributed by atoms with van der Waals surface area (Å²) in [6, 6.07) is 5.41. The van der Waals surface area contributed by atoms with Crippen LogP contribution < -0.4 is 10.1 Å². The highest BCUT2D eigenvalue weighted by atomic mass is 79.9. The summed E-state index contributed by atoms with van der Waals surface area (Å²) >= 11 is 3.33. The number of nitrogens with one attached hydrogen (secondary N) is 1. The van der Waals surface area contributed by atoms with E-state index in [2.05, 4.69) is 21.2 Å². The van der Waals surface area contributed by atoms with Gasteiger partial charge in [0, 0.05) is 11.5 Å². The van der Waals surface area contributed by atoms with Gasteiger partial charge in [-0.05, 0) is 24.6 Å². The van der Waals surface area contributed by atoms with E-state index in [-0.39, 0.29) is 5.91 Å². The summed E-state index contributed by atoms with van der Waals surface area (Å²) in [5.41, 5.74) is 0.556. The molecule has 0 unspecified atom stereocenters. The van der Waals surface area contributed by atoms with Crippen molar-refractivity contribution in [3.05, 3.63) is 28.2 Å². The standard InChI is InChI=1S/C11H14BrNO2/c1-3-6-15-10-5-4-8(12)7-9(10)11(14)13-2/h4-5,7H,3,6H2,1-2H3,(H,13,14). The molecule has 0 aliphatic heterocycles. The summed E-state index contributed by atoms with van der Waals surface area (Å²) in [5.74, 6) is 0.488. The number of hydrogen-bond donors (Lipinski definition) is 1. The van der Waals surface area contributed by atoms with Crippen molar-refractivity contribution in [1.82, 2.24) is 5.32 Å². The molecule has 3 nitrogen and oxygen atoms in total. The molecule has 1 aromatic carbocycles. The smallest absolute Gasteiger partial charge is 0.254 e. The van der Waals surface area contributed by atoms with Gasteiger partial charge in [-0.1, -0.05) is 22.9 Å². The first-order valence-corrected chi connectivity index (χ1v) is 5.62. The molecule has 0 atom stereocenters. The number of carbonyl (C=O) groups excluding carboxylic acids is 1. The number of carbonyl (C=O) groups is 1. The van der Waals surface area contributed by atoms with Gasteiger partial charge >= 0.3 is 0 Å². The first kappa shape index (κ1) is 12.0. The lowest BCUT2D eigenvalue weighted by molar-refractivity contribution is 0.0959. The Morgan fingerprint density at radius 1 is 1.53 bits per heavy atom. The molecule has 0 fully saturated rings. The Labute approximate surface area is 97.9 Å². The van der Waals surface area contributed by atoms with Gasteiger partial charge in [-0.2, -0.15) is 0 Å². The summed E-state index contributed by atoms with van der Waals surface area (Å²) in [7, 11) is 1.60. The first-order valence-electron chi connectivity index (χ1n) is 4.83. The normalized spacial score (nSPS) is 9.80. The number of halogens is 1. The molecule has 0 bridgehead atoms. The SMILES string of the molecule is CCCOc1ccc(Br)cc1C(=O)NC. The summed E-state index contributed by atoms with van der Waals surface area (Å²) in [6.45, 7) is 2.64. The van der Waals surface area contributed by atoms with Crippen molar-refractivity contribution in [1.29, 1.82) is 0 Å². The zero-order valence-corrected chi connectivity index (χ0v) is 10.4. The zero-order chi connectivity index (χ0) is 11.3. The van der Waals surface area contributed by atoms with Gasteiger partial charge in [-0.15, -0.1) is 0 Å². The molecule has 0 spiro atoms. The lowest BCUT2D eigenvalue weighted by atomic mass is 10.2. The Morgan fingerprint density at radius 2 is 2.27 bits per heavy atom. The summed E-state index contributed by atoms with van der Waals surface area (Å²) < 4.78 is 6.35. The van der Waals surface area contributed by atoms with Gasteiger partial charge in [-0.25, -0.2) is 0 Å².